The second-order valence-corrected chi connectivity index (χ2v) is 5.48. The van der Waals surface area contributed by atoms with Crippen molar-refractivity contribution in [3.63, 3.8) is 0 Å². The minimum atomic E-state index is -1.47. The molecule has 1 aliphatic heterocycles. The number of carbonyl (C=O) groups excluding carboxylic acids is 1. The Balaban J connectivity index is 2.36. The zero-order chi connectivity index (χ0) is 15.8. The van der Waals surface area contributed by atoms with E-state index in [1.165, 1.54) is 0 Å². The smallest absolute Gasteiger partial charge is 0.222 e. The van der Waals surface area contributed by atoms with Gasteiger partial charge in [0.05, 0.1) is 6.61 Å². The average molecular weight is 305 g/mol. The molecule has 1 heterocycles. The molecule has 1 fully saturated rings. The molecule has 0 radical (unpaired) electrons. The van der Waals surface area contributed by atoms with Gasteiger partial charge in [0.1, 0.15) is 24.4 Å². The highest BCUT2D eigenvalue weighted by atomic mass is 16.6. The Morgan fingerprint density at radius 1 is 1.05 bits per heavy atom. The molecule has 0 aromatic heterocycles. The van der Waals surface area contributed by atoms with Crippen LogP contribution in [0.4, 0.5) is 0 Å². The van der Waals surface area contributed by atoms with Crippen LogP contribution in [0.25, 0.3) is 0 Å². The molecule has 1 saturated heterocycles. The highest BCUT2D eigenvalue weighted by molar-refractivity contribution is 5.76. The Hall–Kier alpha value is -0.730. The number of ether oxygens (including phenoxy) is 1. The number of hydrogen-bond donors (Lipinski definition) is 5. The highest BCUT2D eigenvalue weighted by Gasteiger charge is 2.43. The van der Waals surface area contributed by atoms with E-state index in [9.17, 15) is 20.1 Å². The fraction of sp³-hybridized carbons (Fsp3) is 0.929. The van der Waals surface area contributed by atoms with Gasteiger partial charge in [-0.1, -0.05) is 32.6 Å². The van der Waals surface area contributed by atoms with Crippen LogP contribution in [-0.2, 0) is 9.53 Å². The lowest BCUT2D eigenvalue weighted by Crippen LogP contribution is -2.63. The summed E-state index contributed by atoms with van der Waals surface area (Å²) in [6.07, 6.45) is -1.01. The molecular weight excluding hydrogens is 278 g/mol. The topological polar surface area (TPSA) is 119 Å². The van der Waals surface area contributed by atoms with E-state index in [2.05, 4.69) is 12.2 Å². The molecule has 7 nitrogen and oxygen atoms in total. The lowest BCUT2D eigenvalue weighted by atomic mass is 9.98. The summed E-state index contributed by atoms with van der Waals surface area (Å²) in [5.41, 5.74) is 0. The summed E-state index contributed by atoms with van der Waals surface area (Å²) in [6, 6.07) is 0. The van der Waals surface area contributed by atoms with Crippen LogP contribution in [0.5, 0.6) is 0 Å². The van der Waals surface area contributed by atoms with Crippen molar-refractivity contribution in [1.29, 1.82) is 0 Å². The molecule has 0 aromatic rings. The van der Waals surface area contributed by atoms with E-state index in [1.807, 2.05) is 0 Å². The van der Waals surface area contributed by atoms with Crippen molar-refractivity contribution in [3.05, 3.63) is 0 Å². The predicted octanol–water partition coefficient (Wildman–Crippen LogP) is -0.737. The van der Waals surface area contributed by atoms with Crippen molar-refractivity contribution in [2.75, 3.05) is 6.61 Å². The first kappa shape index (κ1) is 18.3. The molecule has 0 unspecified atom stereocenters. The van der Waals surface area contributed by atoms with Crippen molar-refractivity contribution in [3.8, 4) is 0 Å². The number of nitrogens with one attached hydrogen (secondary N) is 1. The van der Waals surface area contributed by atoms with Gasteiger partial charge < -0.3 is 30.5 Å². The summed E-state index contributed by atoms with van der Waals surface area (Å²) in [4.78, 5) is 11.8. The number of hydrogen-bond acceptors (Lipinski definition) is 6. The van der Waals surface area contributed by atoms with Gasteiger partial charge in [0, 0.05) is 6.42 Å². The fourth-order valence-corrected chi connectivity index (χ4v) is 2.34. The molecule has 1 amide bonds. The molecule has 0 spiro atoms. The minimum absolute atomic E-state index is 0.282. The van der Waals surface area contributed by atoms with Crippen LogP contribution in [0.3, 0.4) is 0 Å². The molecule has 7 heteroatoms. The molecule has 124 valence electrons. The van der Waals surface area contributed by atoms with E-state index in [4.69, 9.17) is 9.84 Å². The molecule has 0 aromatic carbocycles. The molecule has 0 bridgehead atoms. The van der Waals surface area contributed by atoms with Crippen molar-refractivity contribution >= 4 is 5.91 Å². The number of aliphatic hydroxyl groups is 4. The van der Waals surface area contributed by atoms with Gasteiger partial charge >= 0.3 is 0 Å². The molecule has 5 atom stereocenters. The zero-order valence-corrected chi connectivity index (χ0v) is 12.4. The summed E-state index contributed by atoms with van der Waals surface area (Å²) in [5, 5.41) is 40.6. The number of aliphatic hydroxyl groups excluding tert-OH is 4. The van der Waals surface area contributed by atoms with E-state index in [0.717, 1.165) is 32.1 Å². The van der Waals surface area contributed by atoms with E-state index in [-0.39, 0.29) is 5.91 Å². The van der Waals surface area contributed by atoms with E-state index >= 15 is 0 Å². The first-order chi connectivity index (χ1) is 10.0. The van der Waals surface area contributed by atoms with E-state index < -0.39 is 37.3 Å². The maximum Gasteiger partial charge on any atom is 0.222 e. The van der Waals surface area contributed by atoms with Crippen molar-refractivity contribution in [2.24, 2.45) is 0 Å². The summed E-state index contributed by atoms with van der Waals surface area (Å²) in [7, 11) is 0. The standard InChI is InChI=1S/C14H27NO6/c1-2-3-4-5-6-7-10(17)15-14-13(20)12(19)11(18)9(8-16)21-14/h9,11-14,16,18-20H,2-8H2,1H3,(H,15,17)/t9-,11-,12+,13-,14+/m1/s1. The van der Waals surface area contributed by atoms with Crippen LogP contribution in [-0.4, -0.2) is 63.6 Å². The Bertz CT molecular complexity index is 312. The monoisotopic (exact) mass is 305 g/mol. The first-order valence-electron chi connectivity index (χ1n) is 7.61. The lowest BCUT2D eigenvalue weighted by molar-refractivity contribution is -0.236. The normalized spacial score (nSPS) is 32.9. The number of rotatable bonds is 8. The Labute approximate surface area is 124 Å². The fourth-order valence-electron chi connectivity index (χ4n) is 2.34. The van der Waals surface area contributed by atoms with Gasteiger partial charge in [-0.05, 0) is 6.42 Å². The second-order valence-electron chi connectivity index (χ2n) is 5.48. The van der Waals surface area contributed by atoms with Crippen LogP contribution in [0, 0.1) is 0 Å². The molecular formula is C14H27NO6. The molecule has 0 saturated carbocycles. The van der Waals surface area contributed by atoms with Crippen molar-refractivity contribution in [2.45, 2.75) is 76.1 Å². The largest absolute Gasteiger partial charge is 0.394 e. The van der Waals surface area contributed by atoms with E-state index in [1.54, 1.807) is 0 Å². The van der Waals surface area contributed by atoms with Crippen LogP contribution >= 0.6 is 0 Å². The number of amides is 1. The molecule has 5 N–H and O–H groups in total. The van der Waals surface area contributed by atoms with Crippen molar-refractivity contribution in [1.82, 2.24) is 5.32 Å². The van der Waals surface area contributed by atoms with Crippen LogP contribution in [0.2, 0.25) is 0 Å². The summed E-state index contributed by atoms with van der Waals surface area (Å²) in [6.45, 7) is 1.61. The third kappa shape index (κ3) is 5.52. The van der Waals surface area contributed by atoms with Crippen LogP contribution in [0.15, 0.2) is 0 Å². The predicted molar refractivity (Wildman–Crippen MR) is 75.3 cm³/mol. The first-order valence-corrected chi connectivity index (χ1v) is 7.61. The Morgan fingerprint density at radius 3 is 2.33 bits per heavy atom. The lowest BCUT2D eigenvalue weighted by Gasteiger charge is -2.40. The van der Waals surface area contributed by atoms with Crippen molar-refractivity contribution < 1.29 is 30.0 Å². The van der Waals surface area contributed by atoms with Gasteiger partial charge in [0.2, 0.25) is 5.91 Å². The molecule has 0 aliphatic carbocycles. The van der Waals surface area contributed by atoms with Gasteiger partial charge in [-0.25, -0.2) is 0 Å². The summed E-state index contributed by atoms with van der Waals surface area (Å²) < 4.78 is 5.20. The highest BCUT2D eigenvalue weighted by Crippen LogP contribution is 2.19. The Kier molecular flexibility index (Phi) is 8.13. The third-order valence-corrected chi connectivity index (χ3v) is 3.70. The molecule has 1 aliphatic rings. The molecule has 1 rings (SSSR count). The third-order valence-electron chi connectivity index (χ3n) is 3.70. The zero-order valence-electron chi connectivity index (χ0n) is 12.4. The van der Waals surface area contributed by atoms with Gasteiger partial charge in [-0.2, -0.15) is 0 Å². The van der Waals surface area contributed by atoms with Crippen LogP contribution in [0.1, 0.15) is 45.4 Å². The summed E-state index contributed by atoms with van der Waals surface area (Å²) >= 11 is 0. The van der Waals surface area contributed by atoms with Gasteiger partial charge in [0.15, 0.2) is 6.23 Å². The average Bonchev–Trinajstić information content (AvgIpc) is 2.47. The van der Waals surface area contributed by atoms with E-state index in [0.29, 0.717) is 6.42 Å². The number of unbranched alkanes of at least 4 members (excludes halogenated alkanes) is 4. The second kappa shape index (κ2) is 9.32. The van der Waals surface area contributed by atoms with Gasteiger partial charge in [-0.3, -0.25) is 4.79 Å². The minimum Gasteiger partial charge on any atom is -0.394 e. The maximum atomic E-state index is 11.8. The van der Waals surface area contributed by atoms with Gasteiger partial charge in [-0.15, -0.1) is 0 Å². The number of carbonyl (C=O) groups is 1. The summed E-state index contributed by atoms with van der Waals surface area (Å²) in [5.74, 6) is -0.282. The maximum absolute atomic E-state index is 11.8. The van der Waals surface area contributed by atoms with Gasteiger partial charge in [0.25, 0.3) is 0 Å². The molecule has 21 heavy (non-hydrogen) atoms. The van der Waals surface area contributed by atoms with Crippen LogP contribution < -0.4 is 5.32 Å². The quantitative estimate of drug-likeness (QED) is 0.377. The SMILES string of the molecule is CCCCCCCC(=O)N[C@H]1O[C@H](CO)[C@@H](O)[C@H](O)[C@H]1O. The Morgan fingerprint density at radius 2 is 1.71 bits per heavy atom.